The molecular weight excluding hydrogens is 436 g/mol. The Bertz CT molecular complexity index is 671. The SMILES string of the molecule is FC(F)(F)C1(C(F)(F)F)C(C2=NCCC2)=CC(F)(F)C1(C(F)(F)F)C(F)(F)F. The van der Waals surface area contributed by atoms with E-state index in [9.17, 15) is 61.5 Å². The molecular formula is C13H7F14N. The number of aliphatic imine (C=N–C) groups is 1. The molecule has 0 amide bonds. The third-order valence-corrected chi connectivity index (χ3v) is 4.68. The highest BCUT2D eigenvalue weighted by molar-refractivity contribution is 6.03. The topological polar surface area (TPSA) is 12.4 Å². The van der Waals surface area contributed by atoms with E-state index in [0.717, 1.165) is 0 Å². The van der Waals surface area contributed by atoms with Gasteiger partial charge >= 0.3 is 24.7 Å². The van der Waals surface area contributed by atoms with Crippen LogP contribution in [0.15, 0.2) is 16.6 Å². The van der Waals surface area contributed by atoms with Crippen molar-refractivity contribution >= 4 is 5.71 Å². The summed E-state index contributed by atoms with van der Waals surface area (Å²) in [5.74, 6) is -6.63. The van der Waals surface area contributed by atoms with Crippen LogP contribution in [0, 0.1) is 10.8 Å². The van der Waals surface area contributed by atoms with Crippen LogP contribution in [0.2, 0.25) is 0 Å². The molecule has 0 saturated heterocycles. The van der Waals surface area contributed by atoms with Crippen molar-refractivity contribution in [2.45, 2.75) is 43.5 Å². The zero-order chi connectivity index (χ0) is 22.2. The van der Waals surface area contributed by atoms with Crippen LogP contribution in [0.1, 0.15) is 12.8 Å². The quantitative estimate of drug-likeness (QED) is 0.440. The molecule has 0 saturated carbocycles. The summed E-state index contributed by atoms with van der Waals surface area (Å²) in [6, 6.07) is 0. The molecule has 0 N–H and O–H groups in total. The maximum Gasteiger partial charge on any atom is 0.411 e. The monoisotopic (exact) mass is 443 g/mol. The highest BCUT2D eigenvalue weighted by atomic mass is 19.4. The van der Waals surface area contributed by atoms with Crippen molar-refractivity contribution < 1.29 is 61.5 Å². The first-order chi connectivity index (χ1) is 12.2. The molecule has 0 aromatic rings. The maximum absolute atomic E-state index is 14.1. The molecule has 2 aliphatic rings. The summed E-state index contributed by atoms with van der Waals surface area (Å²) in [7, 11) is 0. The van der Waals surface area contributed by atoms with Crippen molar-refractivity contribution in [2.24, 2.45) is 15.8 Å². The Morgan fingerprint density at radius 1 is 0.714 bits per heavy atom. The van der Waals surface area contributed by atoms with E-state index >= 15 is 0 Å². The van der Waals surface area contributed by atoms with Crippen molar-refractivity contribution in [2.75, 3.05) is 6.54 Å². The van der Waals surface area contributed by atoms with Crippen LogP contribution in [-0.4, -0.2) is 42.9 Å². The van der Waals surface area contributed by atoms with Crippen molar-refractivity contribution in [1.29, 1.82) is 0 Å². The molecule has 1 aliphatic carbocycles. The Morgan fingerprint density at radius 2 is 1.14 bits per heavy atom. The lowest BCUT2D eigenvalue weighted by molar-refractivity contribution is -0.483. The molecule has 0 atom stereocenters. The van der Waals surface area contributed by atoms with E-state index in [-0.39, 0.29) is 6.42 Å². The lowest BCUT2D eigenvalue weighted by Crippen LogP contribution is -2.74. The fraction of sp³-hybridized carbons (Fsp3) is 0.769. The molecule has 0 spiro atoms. The fourth-order valence-electron chi connectivity index (χ4n) is 3.76. The highest BCUT2D eigenvalue weighted by Gasteiger charge is 3.02. The van der Waals surface area contributed by atoms with Crippen LogP contribution in [0.25, 0.3) is 0 Å². The van der Waals surface area contributed by atoms with Gasteiger partial charge in [0.25, 0.3) is 11.3 Å². The van der Waals surface area contributed by atoms with Gasteiger partial charge in [0, 0.05) is 17.8 Å². The zero-order valence-electron chi connectivity index (χ0n) is 12.9. The van der Waals surface area contributed by atoms with E-state index < -0.39 is 71.8 Å². The molecule has 1 heterocycles. The average molecular weight is 443 g/mol. The first-order valence-corrected chi connectivity index (χ1v) is 7.12. The number of hydrogen-bond donors (Lipinski definition) is 0. The summed E-state index contributed by atoms with van der Waals surface area (Å²) in [6.45, 7) is -0.547. The zero-order valence-corrected chi connectivity index (χ0v) is 12.9. The molecule has 28 heavy (non-hydrogen) atoms. The second-order valence-corrected chi connectivity index (χ2v) is 6.10. The normalized spacial score (nSPS) is 24.9. The van der Waals surface area contributed by atoms with E-state index in [1.807, 2.05) is 0 Å². The Hall–Kier alpha value is -1.57. The summed E-state index contributed by atoms with van der Waals surface area (Å²) in [5.41, 5.74) is -18.9. The van der Waals surface area contributed by atoms with Gasteiger partial charge in [0.2, 0.25) is 5.41 Å². The molecule has 1 nitrogen and oxygen atoms in total. The predicted molar refractivity (Wildman–Crippen MR) is 63.7 cm³/mol. The molecule has 0 aromatic carbocycles. The van der Waals surface area contributed by atoms with Gasteiger partial charge in [-0.3, -0.25) is 4.99 Å². The Kier molecular flexibility index (Phi) is 4.66. The third kappa shape index (κ3) is 2.42. The minimum absolute atomic E-state index is 0.338. The number of allylic oxidation sites excluding steroid dienone is 2. The minimum Gasteiger partial charge on any atom is -0.289 e. The number of hydrogen-bond acceptors (Lipinski definition) is 1. The Labute approximate surface area is 146 Å². The number of halogens is 14. The number of rotatable bonds is 1. The summed E-state index contributed by atoms with van der Waals surface area (Å²) in [4.78, 5) is 3.02. The lowest BCUT2D eigenvalue weighted by atomic mass is 9.58. The maximum atomic E-state index is 14.1. The Morgan fingerprint density at radius 3 is 1.43 bits per heavy atom. The van der Waals surface area contributed by atoms with Crippen LogP contribution in [0.4, 0.5) is 61.5 Å². The smallest absolute Gasteiger partial charge is 0.289 e. The van der Waals surface area contributed by atoms with E-state index in [4.69, 9.17) is 0 Å². The van der Waals surface area contributed by atoms with Crippen LogP contribution in [0.5, 0.6) is 0 Å². The van der Waals surface area contributed by atoms with Gasteiger partial charge in [-0.05, 0) is 18.9 Å². The first kappa shape index (κ1) is 22.7. The molecule has 0 unspecified atom stereocenters. The van der Waals surface area contributed by atoms with Crippen LogP contribution in [-0.2, 0) is 0 Å². The van der Waals surface area contributed by atoms with Crippen LogP contribution < -0.4 is 0 Å². The largest absolute Gasteiger partial charge is 0.411 e. The summed E-state index contributed by atoms with van der Waals surface area (Å²) >= 11 is 0. The van der Waals surface area contributed by atoms with E-state index in [1.165, 1.54) is 0 Å². The van der Waals surface area contributed by atoms with Gasteiger partial charge in [-0.15, -0.1) is 0 Å². The molecule has 0 fully saturated rings. The van der Waals surface area contributed by atoms with Crippen molar-refractivity contribution in [3.63, 3.8) is 0 Å². The molecule has 15 heteroatoms. The lowest BCUT2D eigenvalue weighted by Gasteiger charge is -2.51. The first-order valence-electron chi connectivity index (χ1n) is 7.12. The number of alkyl halides is 14. The predicted octanol–water partition coefficient (Wildman–Crippen LogP) is 6.02. The Balaban J connectivity index is 3.19. The summed E-state index contributed by atoms with van der Waals surface area (Å²) in [5, 5.41) is 0. The molecule has 162 valence electrons. The van der Waals surface area contributed by atoms with Crippen molar-refractivity contribution in [1.82, 2.24) is 0 Å². The molecule has 2 rings (SSSR count). The van der Waals surface area contributed by atoms with Crippen LogP contribution >= 0.6 is 0 Å². The molecule has 0 bridgehead atoms. The molecule has 0 aromatic heterocycles. The fourth-order valence-corrected chi connectivity index (χ4v) is 3.76. The van der Waals surface area contributed by atoms with Gasteiger partial charge in [0.1, 0.15) is 0 Å². The second kappa shape index (κ2) is 5.74. The van der Waals surface area contributed by atoms with E-state index in [2.05, 4.69) is 4.99 Å². The van der Waals surface area contributed by atoms with Crippen LogP contribution in [0.3, 0.4) is 0 Å². The average Bonchev–Trinajstić information content (AvgIpc) is 2.95. The molecule has 1 aliphatic heterocycles. The van der Waals surface area contributed by atoms with Gasteiger partial charge in [-0.25, -0.2) is 8.78 Å². The van der Waals surface area contributed by atoms with E-state index in [0.29, 0.717) is 0 Å². The third-order valence-electron chi connectivity index (χ3n) is 4.68. The van der Waals surface area contributed by atoms with Gasteiger partial charge in [-0.2, -0.15) is 52.7 Å². The van der Waals surface area contributed by atoms with Gasteiger partial charge in [-0.1, -0.05) is 0 Å². The van der Waals surface area contributed by atoms with Gasteiger partial charge in [0.15, 0.2) is 0 Å². The summed E-state index contributed by atoms with van der Waals surface area (Å²) in [6.07, 6.45) is -33.1. The minimum atomic E-state index is -7.70. The highest BCUT2D eigenvalue weighted by Crippen LogP contribution is 2.80. The van der Waals surface area contributed by atoms with Crippen molar-refractivity contribution in [3.05, 3.63) is 11.6 Å². The molecule has 0 radical (unpaired) electrons. The second-order valence-electron chi connectivity index (χ2n) is 6.10. The van der Waals surface area contributed by atoms with Crippen molar-refractivity contribution in [3.8, 4) is 0 Å². The van der Waals surface area contributed by atoms with Gasteiger partial charge in [0.05, 0.1) is 0 Å². The van der Waals surface area contributed by atoms with Gasteiger partial charge < -0.3 is 0 Å². The standard InChI is InChI=1S/C13H7F14N/c14-7(15)4-5(6-2-1-3-28-6)8(10(16,17)18,11(19,20)21)9(7,12(22,23)24)13(25,26)27/h4H,1-3H2. The number of nitrogens with zero attached hydrogens (tertiary/aromatic N) is 1. The van der Waals surface area contributed by atoms with E-state index in [1.54, 1.807) is 0 Å². The summed E-state index contributed by atoms with van der Waals surface area (Å²) < 4.78 is 190.